The zero-order valence-electron chi connectivity index (χ0n) is 20.0. The second-order valence-corrected chi connectivity index (χ2v) is 7.49. The molecule has 8 heteroatoms. The summed E-state index contributed by atoms with van der Waals surface area (Å²) in [6.45, 7) is 6.08. The molecule has 0 spiro atoms. The number of allylic oxidation sites excluding steroid dienone is 2. The Morgan fingerprint density at radius 1 is 1.03 bits per heavy atom. The monoisotopic (exact) mass is 450 g/mol. The molecule has 0 fully saturated rings. The Balaban J connectivity index is 2.30. The topological polar surface area (TPSA) is 93.9 Å². The molecule has 1 N–H and O–H groups in total. The first kappa shape index (κ1) is 25.4. The Bertz CT molecular complexity index is 1070. The molecule has 33 heavy (non-hydrogen) atoms. The summed E-state index contributed by atoms with van der Waals surface area (Å²) in [5.74, 6) is 2.27. The average Bonchev–Trinajstić information content (AvgIpc) is 2.82. The molecule has 8 nitrogen and oxygen atoms in total. The number of nitrogens with one attached hydrogen (secondary N) is 1. The van der Waals surface area contributed by atoms with Crippen LogP contribution in [0, 0.1) is 12.3 Å². The van der Waals surface area contributed by atoms with Crippen LogP contribution in [-0.2, 0) is 19.3 Å². The maximum Gasteiger partial charge on any atom is 0.273 e. The van der Waals surface area contributed by atoms with Crippen molar-refractivity contribution in [2.45, 2.75) is 33.6 Å². The molecule has 2 rings (SSSR count). The van der Waals surface area contributed by atoms with E-state index >= 15 is 0 Å². The van der Waals surface area contributed by atoms with Gasteiger partial charge in [0.25, 0.3) is 5.91 Å². The number of hydrogen-bond donors (Lipinski definition) is 1. The lowest BCUT2D eigenvalue weighted by Gasteiger charge is -2.22. The molecule has 0 saturated heterocycles. The van der Waals surface area contributed by atoms with Crippen molar-refractivity contribution >= 4 is 23.0 Å². The summed E-state index contributed by atoms with van der Waals surface area (Å²) in [4.78, 5) is 28.0. The molecule has 0 saturated carbocycles. The lowest BCUT2D eigenvalue weighted by molar-refractivity contribution is -0.114. The van der Waals surface area contributed by atoms with E-state index < -0.39 is 0 Å². The summed E-state index contributed by atoms with van der Waals surface area (Å²) < 4.78 is 0. The first-order chi connectivity index (χ1) is 15.9. The molecule has 0 unspecified atom stereocenters. The highest BCUT2D eigenvalue weighted by Gasteiger charge is 2.25. The maximum atomic E-state index is 12.4. The van der Waals surface area contributed by atoms with Crippen molar-refractivity contribution in [3.8, 4) is 12.3 Å². The second kappa shape index (κ2) is 12.2. The van der Waals surface area contributed by atoms with Crippen LogP contribution >= 0.6 is 0 Å². The molecule has 1 aliphatic rings. The van der Waals surface area contributed by atoms with E-state index in [1.165, 1.54) is 25.4 Å². The Kier molecular flexibility index (Phi) is 9.43. The number of amides is 1. The minimum Gasteiger partial charge on any atom is -0.399 e. The van der Waals surface area contributed by atoms with Gasteiger partial charge in [0, 0.05) is 18.2 Å². The molecule has 0 heterocycles. The number of terminal acetylenes is 1. The van der Waals surface area contributed by atoms with Crippen molar-refractivity contribution in [1.29, 1.82) is 0 Å². The van der Waals surface area contributed by atoms with Gasteiger partial charge < -0.3 is 19.8 Å². The molecule has 1 amide bonds. The van der Waals surface area contributed by atoms with Crippen molar-refractivity contribution in [1.82, 2.24) is 5.32 Å². The van der Waals surface area contributed by atoms with Gasteiger partial charge in [-0.05, 0) is 56.9 Å². The zero-order chi connectivity index (χ0) is 24.4. The van der Waals surface area contributed by atoms with Gasteiger partial charge in [-0.15, -0.1) is 6.42 Å². The highest BCUT2D eigenvalue weighted by atomic mass is 16.6. The molecular formula is C25H30N4O4. The van der Waals surface area contributed by atoms with Gasteiger partial charge in [0.05, 0.1) is 0 Å². The molecule has 1 aromatic rings. The first-order valence-corrected chi connectivity index (χ1v) is 10.4. The third-order valence-electron chi connectivity index (χ3n) is 5.28. The number of rotatable bonds is 9. The number of benzene rings is 1. The predicted molar refractivity (Wildman–Crippen MR) is 130 cm³/mol. The fourth-order valence-corrected chi connectivity index (χ4v) is 3.34. The van der Waals surface area contributed by atoms with Crippen LogP contribution in [0.25, 0.3) is 0 Å². The molecular weight excluding hydrogens is 420 g/mol. The summed E-state index contributed by atoms with van der Waals surface area (Å²) in [5, 5.41) is 14.9. The number of carbonyl (C=O) groups excluding carboxylic acids is 1. The number of carbonyl (C=O) groups is 1. The number of hydrogen-bond acceptors (Lipinski definition) is 7. The molecule has 1 aromatic carbocycles. The smallest absolute Gasteiger partial charge is 0.273 e. The molecule has 0 aromatic heterocycles. The van der Waals surface area contributed by atoms with Gasteiger partial charge in [-0.25, -0.2) is 0 Å². The predicted octanol–water partition coefficient (Wildman–Crippen LogP) is 3.59. The van der Waals surface area contributed by atoms with Crippen LogP contribution in [0.5, 0.6) is 0 Å². The van der Waals surface area contributed by atoms with E-state index in [9.17, 15) is 4.79 Å². The molecule has 0 aliphatic heterocycles. The van der Waals surface area contributed by atoms with Crippen LogP contribution in [0.4, 0.5) is 0 Å². The van der Waals surface area contributed by atoms with Crippen LogP contribution in [-0.4, -0.2) is 50.9 Å². The summed E-state index contributed by atoms with van der Waals surface area (Å²) in [6.07, 6.45) is 6.67. The van der Waals surface area contributed by atoms with E-state index in [2.05, 4.69) is 33.6 Å². The van der Waals surface area contributed by atoms with E-state index in [4.69, 9.17) is 20.9 Å². The third-order valence-corrected chi connectivity index (χ3v) is 5.28. The summed E-state index contributed by atoms with van der Waals surface area (Å²) >= 11 is 0. The molecule has 0 radical (unpaired) electrons. The van der Waals surface area contributed by atoms with Crippen LogP contribution in [0.15, 0.2) is 62.0 Å². The van der Waals surface area contributed by atoms with Crippen molar-refractivity contribution in [2.75, 3.05) is 27.9 Å². The van der Waals surface area contributed by atoms with Gasteiger partial charge in [-0.2, -0.15) is 0 Å². The standard InChI is InChI=1S/C25H30N4O4/c1-8-19-9-11-20(12-10-19)23(28-31-6)18(4)27-33-15-21-13-16(2)17(3)14-22(21)24(29-32-7)25(30)26-5/h1,9-12H,13-15H2,2-7H3,(H,26,30)/b27-18+,28-23-,29-24+. The maximum absolute atomic E-state index is 12.4. The Hall–Kier alpha value is -3.86. The van der Waals surface area contributed by atoms with Crippen molar-refractivity contribution < 1.29 is 19.3 Å². The lowest BCUT2D eigenvalue weighted by atomic mass is 9.85. The van der Waals surface area contributed by atoms with Gasteiger partial charge in [0.2, 0.25) is 0 Å². The quantitative estimate of drug-likeness (QED) is 0.269. The largest absolute Gasteiger partial charge is 0.399 e. The first-order valence-electron chi connectivity index (χ1n) is 10.4. The van der Waals surface area contributed by atoms with Gasteiger partial charge >= 0.3 is 0 Å². The molecule has 0 atom stereocenters. The van der Waals surface area contributed by atoms with Crippen molar-refractivity contribution in [2.24, 2.45) is 15.5 Å². The van der Waals surface area contributed by atoms with Crippen molar-refractivity contribution in [3.05, 3.63) is 57.7 Å². The Labute approximate surface area is 195 Å². The van der Waals surface area contributed by atoms with E-state index in [0.29, 0.717) is 24.3 Å². The SMILES string of the molecule is C#Cc1ccc(C(=N\OC)/C(C)=N/OCC2=C(/C(=N\OC)C(=O)NC)CC(C)=C(C)C2)cc1. The van der Waals surface area contributed by atoms with Gasteiger partial charge in [-0.1, -0.05) is 44.7 Å². The molecule has 174 valence electrons. The van der Waals surface area contributed by atoms with Crippen molar-refractivity contribution in [3.63, 3.8) is 0 Å². The van der Waals surface area contributed by atoms with E-state index in [1.54, 1.807) is 14.0 Å². The molecule has 0 bridgehead atoms. The Morgan fingerprint density at radius 2 is 1.64 bits per heavy atom. The summed E-state index contributed by atoms with van der Waals surface area (Å²) in [6, 6.07) is 7.34. The van der Waals surface area contributed by atoms with Gasteiger partial charge in [0.15, 0.2) is 5.71 Å². The fourth-order valence-electron chi connectivity index (χ4n) is 3.34. The van der Waals surface area contributed by atoms with Crippen LogP contribution in [0.2, 0.25) is 0 Å². The minimum absolute atomic E-state index is 0.188. The normalized spacial score (nSPS) is 15.2. The van der Waals surface area contributed by atoms with Gasteiger partial charge in [-0.3, -0.25) is 4.79 Å². The molecule has 1 aliphatic carbocycles. The fraction of sp³-hybridized carbons (Fsp3) is 0.360. The Morgan fingerprint density at radius 3 is 2.21 bits per heavy atom. The van der Waals surface area contributed by atoms with Crippen LogP contribution in [0.1, 0.15) is 44.7 Å². The summed E-state index contributed by atoms with van der Waals surface area (Å²) in [7, 11) is 4.44. The summed E-state index contributed by atoms with van der Waals surface area (Å²) in [5.41, 5.74) is 6.96. The van der Waals surface area contributed by atoms with E-state index in [0.717, 1.165) is 22.3 Å². The number of nitrogens with zero attached hydrogens (tertiary/aromatic N) is 3. The average molecular weight is 451 g/mol. The lowest BCUT2D eigenvalue weighted by Crippen LogP contribution is -2.31. The highest BCUT2D eigenvalue weighted by molar-refractivity contribution is 6.47. The van der Waals surface area contributed by atoms with Crippen LogP contribution in [0.3, 0.4) is 0 Å². The van der Waals surface area contributed by atoms with E-state index in [1.807, 2.05) is 31.2 Å². The highest BCUT2D eigenvalue weighted by Crippen LogP contribution is 2.31. The van der Waals surface area contributed by atoms with Crippen LogP contribution < -0.4 is 5.32 Å². The number of oxime groups is 3. The zero-order valence-corrected chi connectivity index (χ0v) is 20.0. The van der Waals surface area contributed by atoms with Gasteiger partial charge in [0.1, 0.15) is 32.2 Å². The minimum atomic E-state index is -0.318. The third kappa shape index (κ3) is 6.56. The second-order valence-electron chi connectivity index (χ2n) is 7.49. The van der Waals surface area contributed by atoms with E-state index in [-0.39, 0.29) is 18.2 Å².